The van der Waals surface area contributed by atoms with E-state index in [0.717, 1.165) is 32.5 Å². The average Bonchev–Trinajstić information content (AvgIpc) is 2.80. The van der Waals surface area contributed by atoms with Gasteiger partial charge in [0.2, 0.25) is 0 Å². The van der Waals surface area contributed by atoms with Crippen LogP contribution in [0.1, 0.15) is 39.5 Å². The van der Waals surface area contributed by atoms with Gasteiger partial charge in [-0.3, -0.25) is 4.79 Å². The van der Waals surface area contributed by atoms with Gasteiger partial charge in [0, 0.05) is 25.7 Å². The zero-order valence-corrected chi connectivity index (χ0v) is 13.0. The van der Waals surface area contributed by atoms with Gasteiger partial charge < -0.3 is 14.6 Å². The molecule has 0 aromatic heterocycles. The number of hydrogen-bond acceptors (Lipinski definition) is 3. The van der Waals surface area contributed by atoms with Gasteiger partial charge in [-0.15, -0.1) is 0 Å². The Kier molecular flexibility index (Phi) is 6.00. The quantitative estimate of drug-likeness (QED) is 0.699. The molecule has 0 spiro atoms. The van der Waals surface area contributed by atoms with E-state index in [1.807, 2.05) is 6.92 Å². The van der Waals surface area contributed by atoms with Gasteiger partial charge in [-0.2, -0.15) is 0 Å². The molecule has 0 radical (unpaired) electrons. The van der Waals surface area contributed by atoms with Gasteiger partial charge in [-0.1, -0.05) is 19.1 Å². The van der Waals surface area contributed by atoms with Crippen molar-refractivity contribution in [2.24, 2.45) is 11.8 Å². The van der Waals surface area contributed by atoms with Crippen LogP contribution in [-0.2, 0) is 14.3 Å². The Morgan fingerprint density at radius 1 is 1.38 bits per heavy atom. The lowest BCUT2D eigenvalue weighted by Crippen LogP contribution is -2.23. The molecular weight excluding hydrogens is 268 g/mol. The lowest BCUT2D eigenvalue weighted by atomic mass is 9.87. The molecular formula is C17H26O4. The minimum absolute atomic E-state index is 0.119. The maximum absolute atomic E-state index is 10.9. The van der Waals surface area contributed by atoms with E-state index in [0.29, 0.717) is 12.5 Å². The monoisotopic (exact) mass is 294 g/mol. The molecule has 118 valence electrons. The maximum atomic E-state index is 10.9. The zero-order chi connectivity index (χ0) is 15.2. The summed E-state index contributed by atoms with van der Waals surface area (Å²) in [6.45, 7) is 6.34. The fraction of sp³-hybridized carbons (Fsp3) is 0.706. The summed E-state index contributed by atoms with van der Waals surface area (Å²) in [5.41, 5.74) is 2.55. The summed E-state index contributed by atoms with van der Waals surface area (Å²) in [7, 11) is 0. The molecule has 21 heavy (non-hydrogen) atoms. The Morgan fingerprint density at radius 3 is 2.90 bits per heavy atom. The Balaban J connectivity index is 1.87. The molecule has 3 atom stereocenters. The molecule has 1 fully saturated rings. The Morgan fingerprint density at radius 2 is 2.19 bits per heavy atom. The van der Waals surface area contributed by atoms with E-state index in [1.54, 1.807) is 0 Å². The summed E-state index contributed by atoms with van der Waals surface area (Å²) in [6.07, 6.45) is 7.65. The van der Waals surface area contributed by atoms with Crippen LogP contribution >= 0.6 is 0 Å². The first-order chi connectivity index (χ1) is 10.1. The second kappa shape index (κ2) is 7.76. The number of fused-ring (bicyclic) bond motifs is 1. The van der Waals surface area contributed by atoms with Crippen molar-refractivity contribution in [1.82, 2.24) is 0 Å². The number of hydrogen-bond donors (Lipinski definition) is 1. The molecule has 1 N–H and O–H groups in total. The highest BCUT2D eigenvalue weighted by Gasteiger charge is 2.32. The molecule has 1 saturated carbocycles. The topological polar surface area (TPSA) is 55.8 Å². The van der Waals surface area contributed by atoms with E-state index in [1.165, 1.54) is 11.1 Å². The van der Waals surface area contributed by atoms with Crippen LogP contribution in [0.15, 0.2) is 23.3 Å². The first-order valence-electron chi connectivity index (χ1n) is 7.95. The number of allylic oxidation sites excluding steroid dienone is 2. The molecule has 2 aliphatic carbocycles. The van der Waals surface area contributed by atoms with E-state index in [4.69, 9.17) is 14.6 Å². The van der Waals surface area contributed by atoms with Crippen LogP contribution in [0.4, 0.5) is 0 Å². The molecule has 0 bridgehead atoms. The summed E-state index contributed by atoms with van der Waals surface area (Å²) in [5, 5.41) is 8.99. The number of carboxylic acids is 1. The molecule has 0 aliphatic heterocycles. The van der Waals surface area contributed by atoms with Crippen LogP contribution in [-0.4, -0.2) is 37.0 Å². The highest BCUT2D eigenvalue weighted by molar-refractivity contribution is 5.68. The van der Waals surface area contributed by atoms with Crippen LogP contribution in [0.2, 0.25) is 0 Å². The van der Waals surface area contributed by atoms with Crippen molar-refractivity contribution in [1.29, 1.82) is 0 Å². The van der Waals surface area contributed by atoms with E-state index in [-0.39, 0.29) is 18.4 Å². The third-order valence-corrected chi connectivity index (χ3v) is 4.27. The van der Waals surface area contributed by atoms with Crippen molar-refractivity contribution in [2.75, 3.05) is 19.8 Å². The third-order valence-electron chi connectivity index (χ3n) is 4.27. The van der Waals surface area contributed by atoms with Gasteiger partial charge in [0.15, 0.2) is 0 Å². The van der Waals surface area contributed by atoms with Gasteiger partial charge in [0.1, 0.15) is 0 Å². The predicted molar refractivity (Wildman–Crippen MR) is 81.2 cm³/mol. The second-order valence-electron chi connectivity index (χ2n) is 5.89. The van der Waals surface area contributed by atoms with Gasteiger partial charge in [-0.25, -0.2) is 0 Å². The summed E-state index contributed by atoms with van der Waals surface area (Å²) < 4.78 is 11.3. The van der Waals surface area contributed by atoms with Crippen LogP contribution < -0.4 is 0 Å². The molecule has 2 rings (SSSR count). The standard InChI is InChI=1S/C17H26O4/c1-3-20-7-4-8-21-16-10-13-5-6-14(11-17(18)19)15(13)9-12(16)2/h9-10,12,14,16H,3-8,11H2,1-2H3,(H,18,19). The summed E-state index contributed by atoms with van der Waals surface area (Å²) in [5.74, 6) is -0.204. The van der Waals surface area contributed by atoms with Crippen molar-refractivity contribution in [3.05, 3.63) is 23.3 Å². The van der Waals surface area contributed by atoms with E-state index >= 15 is 0 Å². The Labute approximate surface area is 126 Å². The summed E-state index contributed by atoms with van der Waals surface area (Å²) in [6, 6.07) is 0. The van der Waals surface area contributed by atoms with Crippen molar-refractivity contribution >= 4 is 5.97 Å². The zero-order valence-electron chi connectivity index (χ0n) is 13.0. The smallest absolute Gasteiger partial charge is 0.303 e. The minimum Gasteiger partial charge on any atom is -0.481 e. The minimum atomic E-state index is -0.705. The maximum Gasteiger partial charge on any atom is 0.303 e. The second-order valence-corrected chi connectivity index (χ2v) is 5.89. The van der Waals surface area contributed by atoms with Gasteiger partial charge in [0.25, 0.3) is 0 Å². The average molecular weight is 294 g/mol. The van der Waals surface area contributed by atoms with Gasteiger partial charge in [0.05, 0.1) is 12.5 Å². The van der Waals surface area contributed by atoms with Crippen LogP contribution in [0.3, 0.4) is 0 Å². The van der Waals surface area contributed by atoms with Crippen molar-refractivity contribution in [3.8, 4) is 0 Å². The highest BCUT2D eigenvalue weighted by Crippen LogP contribution is 2.42. The van der Waals surface area contributed by atoms with E-state index in [9.17, 15) is 4.79 Å². The normalized spacial score (nSPS) is 28.0. The summed E-state index contributed by atoms with van der Waals surface area (Å²) >= 11 is 0. The van der Waals surface area contributed by atoms with Crippen LogP contribution in [0.5, 0.6) is 0 Å². The Bertz CT molecular complexity index is 425. The Hall–Kier alpha value is -1.13. The fourth-order valence-electron chi connectivity index (χ4n) is 3.19. The molecule has 0 heterocycles. The molecule has 3 unspecified atom stereocenters. The number of carbonyl (C=O) groups is 1. The number of aliphatic carboxylic acids is 1. The fourth-order valence-corrected chi connectivity index (χ4v) is 3.19. The largest absolute Gasteiger partial charge is 0.481 e. The lowest BCUT2D eigenvalue weighted by molar-refractivity contribution is -0.137. The summed E-state index contributed by atoms with van der Waals surface area (Å²) in [4.78, 5) is 10.9. The lowest BCUT2D eigenvalue weighted by Gasteiger charge is -2.26. The van der Waals surface area contributed by atoms with Gasteiger partial charge >= 0.3 is 5.97 Å². The molecule has 2 aliphatic rings. The van der Waals surface area contributed by atoms with Gasteiger partial charge in [-0.05, 0) is 43.3 Å². The third kappa shape index (κ3) is 4.42. The molecule has 4 nitrogen and oxygen atoms in total. The van der Waals surface area contributed by atoms with Crippen LogP contribution in [0.25, 0.3) is 0 Å². The van der Waals surface area contributed by atoms with Crippen molar-refractivity contribution in [2.45, 2.75) is 45.6 Å². The van der Waals surface area contributed by atoms with Crippen molar-refractivity contribution < 1.29 is 19.4 Å². The highest BCUT2D eigenvalue weighted by atomic mass is 16.5. The molecule has 0 amide bonds. The van der Waals surface area contributed by atoms with Crippen molar-refractivity contribution in [3.63, 3.8) is 0 Å². The van der Waals surface area contributed by atoms with E-state index < -0.39 is 5.97 Å². The molecule has 4 heteroatoms. The predicted octanol–water partition coefficient (Wildman–Crippen LogP) is 3.19. The number of carboxylic acid groups (broad SMARTS) is 1. The first kappa shape index (κ1) is 16.2. The number of ether oxygens (including phenoxy) is 2. The SMILES string of the molecule is CCOCCCOC1C=C2CCC(CC(=O)O)C2=CC1C. The van der Waals surface area contributed by atoms with Crippen LogP contribution in [0, 0.1) is 11.8 Å². The molecule has 0 aromatic carbocycles. The van der Waals surface area contributed by atoms with E-state index in [2.05, 4.69) is 19.1 Å². The first-order valence-corrected chi connectivity index (χ1v) is 7.95. The number of rotatable bonds is 8. The molecule has 0 saturated heterocycles. The molecule has 0 aromatic rings.